The molecule has 0 aromatic rings. The molecule has 0 aliphatic rings. The first-order valence-electron chi connectivity index (χ1n) is 2.44. The van der Waals surface area contributed by atoms with E-state index in [2.05, 4.69) is 20.0 Å². The van der Waals surface area contributed by atoms with Crippen molar-refractivity contribution in [1.29, 1.82) is 0 Å². The van der Waals surface area contributed by atoms with Crippen molar-refractivity contribution in [2.75, 3.05) is 20.0 Å². The number of hydrogen-bond donors (Lipinski definition) is 1. The first kappa shape index (κ1) is 11.5. The van der Waals surface area contributed by atoms with Crippen LogP contribution >= 0.6 is 7.26 Å². The van der Waals surface area contributed by atoms with Crippen molar-refractivity contribution in [3.8, 4) is 0 Å². The molecule has 52 valence electrons. The van der Waals surface area contributed by atoms with Crippen molar-refractivity contribution >= 4 is 7.26 Å². The molecule has 0 spiro atoms. The molecule has 3 heteroatoms. The summed E-state index contributed by atoms with van der Waals surface area (Å²) >= 11 is 0. The molecule has 0 amide bonds. The van der Waals surface area contributed by atoms with Crippen molar-refractivity contribution in [1.82, 2.24) is 0 Å². The number of aliphatic hydroxyl groups excluding tert-OH is 1. The van der Waals surface area contributed by atoms with Gasteiger partial charge >= 0.3 is 0 Å². The highest BCUT2D eigenvalue weighted by molar-refractivity contribution is 7.74. The molecule has 0 radical (unpaired) electrons. The van der Waals surface area contributed by atoms with Gasteiger partial charge in [0.15, 0.2) is 5.85 Å². The minimum Gasteiger partial charge on any atom is -1.00 e. The Morgan fingerprint density at radius 3 is 1.38 bits per heavy atom. The van der Waals surface area contributed by atoms with E-state index in [1.807, 2.05) is 6.92 Å². The molecule has 1 unspecified atom stereocenters. The van der Waals surface area contributed by atoms with Gasteiger partial charge in [-0.05, 0) is 6.92 Å². The fourth-order valence-corrected chi connectivity index (χ4v) is 0. The van der Waals surface area contributed by atoms with Crippen molar-refractivity contribution in [2.45, 2.75) is 12.8 Å². The van der Waals surface area contributed by atoms with Crippen LogP contribution in [0.5, 0.6) is 0 Å². The van der Waals surface area contributed by atoms with Crippen LogP contribution in [0.1, 0.15) is 6.92 Å². The van der Waals surface area contributed by atoms with E-state index in [4.69, 9.17) is 5.11 Å². The maximum Gasteiger partial charge on any atom is 0.160 e. The monoisotopic (exact) mass is 156 g/mol. The Bertz CT molecular complexity index is 57.9. The number of aliphatic hydroxyl groups is 1. The van der Waals surface area contributed by atoms with E-state index >= 15 is 0 Å². The van der Waals surface area contributed by atoms with Crippen LogP contribution in [0.15, 0.2) is 0 Å². The SMILES string of the molecule is CC(O)[P+](C)(C)C.[Cl-]. The van der Waals surface area contributed by atoms with E-state index in [-0.39, 0.29) is 18.3 Å². The topological polar surface area (TPSA) is 20.2 Å². The molecule has 1 N–H and O–H groups in total. The highest BCUT2D eigenvalue weighted by Gasteiger charge is 2.23. The lowest BCUT2D eigenvalue weighted by molar-refractivity contribution is -0.00000307. The molecular formula is C5H14ClOP. The van der Waals surface area contributed by atoms with Crippen molar-refractivity contribution in [3.63, 3.8) is 0 Å². The molecule has 0 aliphatic heterocycles. The third-order valence-electron chi connectivity index (χ3n) is 1.12. The molecule has 0 fully saturated rings. The standard InChI is InChI=1S/C5H14OP.ClH/c1-5(6)7(2,3)4;/h5-6H,1-4H3;1H/q+1;/p-1. The van der Waals surface area contributed by atoms with Crippen LogP contribution in [-0.4, -0.2) is 30.9 Å². The Balaban J connectivity index is 0. The summed E-state index contributed by atoms with van der Waals surface area (Å²) in [6.45, 7) is 8.22. The van der Waals surface area contributed by atoms with Crippen LogP contribution < -0.4 is 12.4 Å². The van der Waals surface area contributed by atoms with Crippen LogP contribution in [0.2, 0.25) is 0 Å². The van der Waals surface area contributed by atoms with Gasteiger partial charge in [0.25, 0.3) is 0 Å². The predicted molar refractivity (Wildman–Crippen MR) is 36.4 cm³/mol. The molecule has 0 saturated carbocycles. The summed E-state index contributed by atoms with van der Waals surface area (Å²) in [5.74, 6) is -0.0903. The van der Waals surface area contributed by atoms with Gasteiger partial charge in [0.05, 0.1) is 20.0 Å². The average molecular weight is 157 g/mol. The Morgan fingerprint density at radius 1 is 1.25 bits per heavy atom. The predicted octanol–water partition coefficient (Wildman–Crippen LogP) is -1.76. The molecule has 0 rings (SSSR count). The smallest absolute Gasteiger partial charge is 0.160 e. The minimum absolute atomic E-state index is 0. The second-order valence-electron chi connectivity index (χ2n) is 2.75. The summed E-state index contributed by atoms with van der Waals surface area (Å²) in [5, 5.41) is 8.94. The number of hydrogen-bond acceptors (Lipinski definition) is 1. The Kier molecular flexibility index (Phi) is 5.25. The second kappa shape index (κ2) is 3.66. The van der Waals surface area contributed by atoms with E-state index in [9.17, 15) is 0 Å². The first-order chi connectivity index (χ1) is 2.94. The van der Waals surface area contributed by atoms with Gasteiger partial charge < -0.3 is 17.5 Å². The summed E-state index contributed by atoms with van der Waals surface area (Å²) in [4.78, 5) is 0. The van der Waals surface area contributed by atoms with Gasteiger partial charge in [0, 0.05) is 7.26 Å². The zero-order chi connectivity index (χ0) is 6.08. The minimum atomic E-state index is -0.932. The Morgan fingerprint density at radius 2 is 1.38 bits per heavy atom. The zero-order valence-corrected chi connectivity index (χ0v) is 7.50. The van der Waals surface area contributed by atoms with Crippen molar-refractivity contribution < 1.29 is 17.5 Å². The molecule has 1 nitrogen and oxygen atoms in total. The van der Waals surface area contributed by atoms with Crippen LogP contribution in [-0.2, 0) is 0 Å². The average Bonchev–Trinajstić information content (AvgIpc) is 1.31. The summed E-state index contributed by atoms with van der Waals surface area (Å²) < 4.78 is 0. The fourth-order valence-electron chi connectivity index (χ4n) is 0. The molecule has 0 heterocycles. The van der Waals surface area contributed by atoms with Gasteiger partial charge in [0.1, 0.15) is 0 Å². The summed E-state index contributed by atoms with van der Waals surface area (Å²) in [7, 11) is -0.932. The van der Waals surface area contributed by atoms with E-state index in [0.717, 1.165) is 0 Å². The summed E-state index contributed by atoms with van der Waals surface area (Å²) in [6, 6.07) is 0. The van der Waals surface area contributed by atoms with E-state index in [0.29, 0.717) is 0 Å². The quantitative estimate of drug-likeness (QED) is 0.446. The van der Waals surface area contributed by atoms with Gasteiger partial charge in [0.2, 0.25) is 0 Å². The lowest BCUT2D eigenvalue weighted by atomic mass is 10.9. The van der Waals surface area contributed by atoms with Gasteiger partial charge in [-0.15, -0.1) is 0 Å². The van der Waals surface area contributed by atoms with Gasteiger partial charge in [-0.3, -0.25) is 0 Å². The number of rotatable bonds is 1. The molecule has 0 aromatic heterocycles. The normalized spacial score (nSPS) is 14.6. The highest BCUT2D eigenvalue weighted by Crippen LogP contribution is 2.50. The maximum absolute atomic E-state index is 8.94. The molecule has 0 saturated heterocycles. The molecule has 0 aromatic carbocycles. The molecular weight excluding hydrogens is 142 g/mol. The van der Waals surface area contributed by atoms with Crippen LogP contribution in [0.3, 0.4) is 0 Å². The Labute approximate surface area is 58.2 Å². The summed E-state index contributed by atoms with van der Waals surface area (Å²) in [5.41, 5.74) is 0. The van der Waals surface area contributed by atoms with E-state index < -0.39 is 7.26 Å². The van der Waals surface area contributed by atoms with Crippen LogP contribution in [0.4, 0.5) is 0 Å². The third-order valence-corrected chi connectivity index (χ3v) is 3.36. The molecule has 1 atom stereocenters. The van der Waals surface area contributed by atoms with Crippen LogP contribution in [0.25, 0.3) is 0 Å². The maximum atomic E-state index is 8.94. The second-order valence-corrected chi connectivity index (χ2v) is 7.73. The number of halogens is 1. The van der Waals surface area contributed by atoms with Crippen molar-refractivity contribution in [2.24, 2.45) is 0 Å². The van der Waals surface area contributed by atoms with E-state index in [1.165, 1.54) is 0 Å². The molecule has 0 aliphatic carbocycles. The molecule has 0 bridgehead atoms. The van der Waals surface area contributed by atoms with Crippen LogP contribution in [0, 0.1) is 0 Å². The summed E-state index contributed by atoms with van der Waals surface area (Å²) in [6.07, 6.45) is 0. The molecule has 8 heavy (non-hydrogen) atoms. The Hall–Kier alpha value is 0.680. The lowest BCUT2D eigenvalue weighted by Crippen LogP contribution is -3.00. The largest absolute Gasteiger partial charge is 1.00 e. The lowest BCUT2D eigenvalue weighted by Gasteiger charge is -2.13. The first-order valence-corrected chi connectivity index (χ1v) is 5.64. The third kappa shape index (κ3) is 4.83. The zero-order valence-electron chi connectivity index (χ0n) is 5.85. The van der Waals surface area contributed by atoms with Gasteiger partial charge in [-0.1, -0.05) is 0 Å². The fraction of sp³-hybridized carbons (Fsp3) is 1.00. The highest BCUT2D eigenvalue weighted by atomic mass is 35.5. The van der Waals surface area contributed by atoms with Gasteiger partial charge in [-0.25, -0.2) is 0 Å². The van der Waals surface area contributed by atoms with Crippen molar-refractivity contribution in [3.05, 3.63) is 0 Å². The van der Waals surface area contributed by atoms with Gasteiger partial charge in [-0.2, -0.15) is 0 Å². The van der Waals surface area contributed by atoms with E-state index in [1.54, 1.807) is 0 Å².